The smallest absolute Gasteiger partial charge is 0.256 e. The predicted molar refractivity (Wildman–Crippen MR) is 78.3 cm³/mol. The van der Waals surface area contributed by atoms with Crippen LogP contribution in [0.5, 0.6) is 0 Å². The lowest BCUT2D eigenvalue weighted by Gasteiger charge is -2.38. The van der Waals surface area contributed by atoms with E-state index >= 15 is 0 Å². The molecule has 1 aromatic rings. The summed E-state index contributed by atoms with van der Waals surface area (Å²) in [6, 6.07) is 5.16. The maximum atomic E-state index is 13.8. The van der Waals surface area contributed by atoms with Crippen LogP contribution in [-0.2, 0) is 0 Å². The largest absolute Gasteiger partial charge is 0.338 e. The first kappa shape index (κ1) is 15.0. The lowest BCUT2D eigenvalue weighted by atomic mass is 9.89. The zero-order valence-corrected chi connectivity index (χ0v) is 12.4. The summed E-state index contributed by atoms with van der Waals surface area (Å²) in [6.45, 7) is 5.40. The summed E-state index contributed by atoms with van der Waals surface area (Å²) in [4.78, 5) is 14.3. The van der Waals surface area contributed by atoms with Crippen LogP contribution < -0.4 is 5.32 Å². The van der Waals surface area contributed by atoms with Crippen LogP contribution in [0.3, 0.4) is 0 Å². The average Bonchev–Trinajstić information content (AvgIpc) is 2.48. The van der Waals surface area contributed by atoms with Crippen molar-refractivity contribution in [1.82, 2.24) is 10.2 Å². The van der Waals surface area contributed by atoms with E-state index in [4.69, 9.17) is 0 Å². The second kappa shape index (κ2) is 6.35. The minimum absolute atomic E-state index is 0.181. The predicted octanol–water partition coefficient (Wildman–Crippen LogP) is 2.59. The highest BCUT2D eigenvalue weighted by Crippen LogP contribution is 2.22. The molecule has 110 valence electrons. The molecule has 2 atom stereocenters. The van der Waals surface area contributed by atoms with Gasteiger partial charge in [0.05, 0.1) is 5.56 Å². The van der Waals surface area contributed by atoms with E-state index in [2.05, 4.69) is 12.2 Å². The Morgan fingerprint density at radius 2 is 2.25 bits per heavy atom. The van der Waals surface area contributed by atoms with Gasteiger partial charge in [-0.1, -0.05) is 25.0 Å². The number of piperidine rings is 1. The number of nitrogens with one attached hydrogen (secondary N) is 1. The number of benzene rings is 1. The highest BCUT2D eigenvalue weighted by molar-refractivity contribution is 5.94. The second-order valence-electron chi connectivity index (χ2n) is 5.59. The van der Waals surface area contributed by atoms with Crippen LogP contribution >= 0.6 is 0 Å². The maximum Gasteiger partial charge on any atom is 0.256 e. The molecule has 1 aliphatic heterocycles. The number of hydrogen-bond donors (Lipinski definition) is 1. The highest BCUT2D eigenvalue weighted by atomic mass is 19.1. The Bertz CT molecular complexity index is 489. The van der Waals surface area contributed by atoms with Crippen molar-refractivity contribution in [1.29, 1.82) is 0 Å². The molecule has 1 amide bonds. The van der Waals surface area contributed by atoms with E-state index in [1.165, 1.54) is 6.07 Å². The third-order valence-electron chi connectivity index (χ3n) is 4.27. The summed E-state index contributed by atoms with van der Waals surface area (Å²) < 4.78 is 13.8. The lowest BCUT2D eigenvalue weighted by molar-refractivity contribution is 0.0627. The third kappa shape index (κ3) is 3.01. The summed E-state index contributed by atoms with van der Waals surface area (Å²) in [5.74, 6) is -0.172. The molecule has 0 saturated carbocycles. The van der Waals surface area contributed by atoms with E-state index in [9.17, 15) is 9.18 Å². The molecule has 1 fully saturated rings. The number of carbonyl (C=O) groups is 1. The van der Waals surface area contributed by atoms with E-state index in [1.807, 2.05) is 14.0 Å². The zero-order chi connectivity index (χ0) is 14.7. The van der Waals surface area contributed by atoms with Crippen LogP contribution in [-0.4, -0.2) is 37.0 Å². The fourth-order valence-electron chi connectivity index (χ4n) is 2.98. The topological polar surface area (TPSA) is 32.3 Å². The number of nitrogens with zero attached hydrogens (tertiary/aromatic N) is 1. The van der Waals surface area contributed by atoms with Crippen LogP contribution in [0.2, 0.25) is 0 Å². The molecular formula is C16H23FN2O. The Morgan fingerprint density at radius 3 is 2.90 bits per heavy atom. The Kier molecular flexibility index (Phi) is 4.76. The van der Waals surface area contributed by atoms with Crippen molar-refractivity contribution in [2.75, 3.05) is 20.1 Å². The number of carbonyl (C=O) groups excluding carboxylic acids is 1. The maximum absolute atomic E-state index is 13.8. The molecule has 1 saturated heterocycles. The minimum Gasteiger partial charge on any atom is -0.338 e. The molecule has 2 unspecified atom stereocenters. The van der Waals surface area contributed by atoms with Crippen molar-refractivity contribution < 1.29 is 9.18 Å². The van der Waals surface area contributed by atoms with Gasteiger partial charge in [0, 0.05) is 19.1 Å². The molecule has 0 bridgehead atoms. The number of hydrogen-bond acceptors (Lipinski definition) is 2. The molecule has 1 N–H and O–H groups in total. The summed E-state index contributed by atoms with van der Waals surface area (Å²) in [6.07, 6.45) is 1.94. The van der Waals surface area contributed by atoms with Gasteiger partial charge in [-0.05, 0) is 38.4 Å². The van der Waals surface area contributed by atoms with E-state index in [0.717, 1.165) is 18.4 Å². The SMILES string of the molecule is CCC1CN(C(=O)c2cc(C)ccc2F)CCC1NC. The van der Waals surface area contributed by atoms with Crippen LogP contribution in [0.1, 0.15) is 35.7 Å². The van der Waals surface area contributed by atoms with Crippen LogP contribution in [0, 0.1) is 18.7 Å². The van der Waals surface area contributed by atoms with Crippen LogP contribution in [0.25, 0.3) is 0 Å². The van der Waals surface area contributed by atoms with Gasteiger partial charge in [0.1, 0.15) is 5.82 Å². The van der Waals surface area contributed by atoms with Crippen molar-refractivity contribution in [2.24, 2.45) is 5.92 Å². The van der Waals surface area contributed by atoms with Crippen molar-refractivity contribution in [3.8, 4) is 0 Å². The van der Waals surface area contributed by atoms with Gasteiger partial charge in [-0.2, -0.15) is 0 Å². The zero-order valence-electron chi connectivity index (χ0n) is 12.4. The van der Waals surface area contributed by atoms with E-state index in [-0.39, 0.29) is 11.5 Å². The Labute approximate surface area is 120 Å². The summed E-state index contributed by atoms with van der Waals surface area (Å²) in [5.41, 5.74) is 1.11. The minimum atomic E-state index is -0.426. The summed E-state index contributed by atoms with van der Waals surface area (Å²) in [5, 5.41) is 3.31. The molecular weight excluding hydrogens is 255 g/mol. The molecule has 3 nitrogen and oxygen atoms in total. The number of likely N-dealkylation sites (tertiary alicyclic amines) is 1. The monoisotopic (exact) mass is 278 g/mol. The van der Waals surface area contributed by atoms with Gasteiger partial charge in [0.15, 0.2) is 0 Å². The Balaban J connectivity index is 2.15. The first-order valence-electron chi connectivity index (χ1n) is 7.29. The molecule has 2 rings (SSSR count). The molecule has 1 heterocycles. The molecule has 20 heavy (non-hydrogen) atoms. The van der Waals surface area contributed by atoms with Gasteiger partial charge in [0.25, 0.3) is 5.91 Å². The van der Waals surface area contributed by atoms with Crippen LogP contribution in [0.4, 0.5) is 4.39 Å². The molecule has 0 radical (unpaired) electrons. The van der Waals surface area contributed by atoms with Crippen LogP contribution in [0.15, 0.2) is 18.2 Å². The van der Waals surface area contributed by atoms with Gasteiger partial charge in [0.2, 0.25) is 0 Å². The van der Waals surface area contributed by atoms with Gasteiger partial charge in [-0.15, -0.1) is 0 Å². The number of aryl methyl sites for hydroxylation is 1. The normalized spacial score (nSPS) is 22.9. The van der Waals surface area contributed by atoms with Gasteiger partial charge in [-0.3, -0.25) is 4.79 Å². The number of amides is 1. The molecule has 0 aliphatic carbocycles. The van der Waals surface area contributed by atoms with Gasteiger partial charge in [-0.25, -0.2) is 4.39 Å². The van der Waals surface area contributed by atoms with Gasteiger partial charge < -0.3 is 10.2 Å². The number of rotatable bonds is 3. The Morgan fingerprint density at radius 1 is 1.50 bits per heavy atom. The molecule has 1 aliphatic rings. The fourth-order valence-corrected chi connectivity index (χ4v) is 2.98. The quantitative estimate of drug-likeness (QED) is 0.921. The molecule has 0 spiro atoms. The fraction of sp³-hybridized carbons (Fsp3) is 0.562. The number of halogens is 1. The average molecular weight is 278 g/mol. The Hall–Kier alpha value is -1.42. The molecule has 0 aromatic heterocycles. The van der Waals surface area contributed by atoms with E-state index in [1.54, 1.807) is 17.0 Å². The standard InChI is InChI=1S/C16H23FN2O/c1-4-12-10-19(8-7-15(12)18-3)16(20)13-9-11(2)5-6-14(13)17/h5-6,9,12,15,18H,4,7-8,10H2,1-3H3. The van der Waals surface area contributed by atoms with E-state index < -0.39 is 5.82 Å². The highest BCUT2D eigenvalue weighted by Gasteiger charge is 2.30. The van der Waals surface area contributed by atoms with Crippen molar-refractivity contribution >= 4 is 5.91 Å². The van der Waals surface area contributed by atoms with Crippen molar-refractivity contribution in [3.63, 3.8) is 0 Å². The first-order chi connectivity index (χ1) is 9.56. The van der Waals surface area contributed by atoms with E-state index in [0.29, 0.717) is 25.0 Å². The van der Waals surface area contributed by atoms with Crippen molar-refractivity contribution in [2.45, 2.75) is 32.7 Å². The van der Waals surface area contributed by atoms with Gasteiger partial charge >= 0.3 is 0 Å². The lowest BCUT2D eigenvalue weighted by Crippen LogP contribution is -2.50. The summed E-state index contributed by atoms with van der Waals surface area (Å²) in [7, 11) is 1.96. The molecule has 1 aromatic carbocycles. The molecule has 4 heteroatoms. The third-order valence-corrected chi connectivity index (χ3v) is 4.27. The second-order valence-corrected chi connectivity index (χ2v) is 5.59. The summed E-state index contributed by atoms with van der Waals surface area (Å²) >= 11 is 0. The van der Waals surface area contributed by atoms with Crippen molar-refractivity contribution in [3.05, 3.63) is 35.1 Å². The first-order valence-corrected chi connectivity index (χ1v) is 7.29.